The fourth-order valence-corrected chi connectivity index (χ4v) is 4.13. The van der Waals surface area contributed by atoms with Crippen LogP contribution in [0.15, 0.2) is 58.8 Å². The molecule has 4 rings (SSSR count). The fraction of sp³-hybridized carbons (Fsp3) is 0.130. The van der Waals surface area contributed by atoms with Crippen molar-refractivity contribution in [2.45, 2.75) is 6.61 Å². The lowest BCUT2D eigenvalue weighted by atomic mass is 10.1. The van der Waals surface area contributed by atoms with Gasteiger partial charge in [-0.1, -0.05) is 23.7 Å². The molecule has 1 amide bonds. The summed E-state index contributed by atoms with van der Waals surface area (Å²) < 4.78 is 17.4. The number of thiazole rings is 1. The number of hydrogen-bond acceptors (Lipinski definition) is 8. The SMILES string of the molecule is COc1cc(NC(=O)c2ccccc2Cl)c(C(=O)OCc2cc(=O)n3ccsc3n2)cc1OC. The minimum atomic E-state index is -0.761. The highest BCUT2D eigenvalue weighted by Gasteiger charge is 2.21. The van der Waals surface area contributed by atoms with Crippen molar-refractivity contribution in [3.05, 3.63) is 86.2 Å². The second-order valence-corrected chi connectivity index (χ2v) is 8.18. The van der Waals surface area contributed by atoms with Crippen molar-refractivity contribution in [1.82, 2.24) is 9.38 Å². The van der Waals surface area contributed by atoms with E-state index in [0.29, 0.717) is 16.4 Å². The minimum absolute atomic E-state index is 0.0203. The van der Waals surface area contributed by atoms with Crippen molar-refractivity contribution in [3.8, 4) is 11.5 Å². The van der Waals surface area contributed by atoms with Crippen LogP contribution in [0.2, 0.25) is 5.02 Å². The molecular formula is C23H18ClN3O6S. The Hall–Kier alpha value is -3.89. The Balaban J connectivity index is 1.63. The van der Waals surface area contributed by atoms with Gasteiger partial charge in [-0.2, -0.15) is 0 Å². The number of nitrogens with zero attached hydrogens (tertiary/aromatic N) is 2. The zero-order chi connectivity index (χ0) is 24.2. The Morgan fingerprint density at radius 3 is 2.56 bits per heavy atom. The molecule has 11 heteroatoms. The number of carbonyl (C=O) groups excluding carboxylic acids is 2. The lowest BCUT2D eigenvalue weighted by molar-refractivity contribution is 0.0468. The maximum atomic E-state index is 13.0. The topological polar surface area (TPSA) is 108 Å². The van der Waals surface area contributed by atoms with Crippen LogP contribution in [0.3, 0.4) is 0 Å². The van der Waals surface area contributed by atoms with E-state index >= 15 is 0 Å². The Morgan fingerprint density at radius 1 is 1.09 bits per heavy atom. The van der Waals surface area contributed by atoms with Gasteiger partial charge >= 0.3 is 5.97 Å². The van der Waals surface area contributed by atoms with Gasteiger partial charge in [0.25, 0.3) is 11.5 Å². The summed E-state index contributed by atoms with van der Waals surface area (Å²) in [6.07, 6.45) is 1.61. The number of carbonyl (C=O) groups is 2. The number of rotatable bonds is 7. The Kier molecular flexibility index (Phi) is 6.80. The van der Waals surface area contributed by atoms with Gasteiger partial charge in [0.05, 0.1) is 41.8 Å². The normalized spacial score (nSPS) is 10.7. The molecule has 0 unspecified atom stereocenters. The first kappa shape index (κ1) is 23.3. The largest absolute Gasteiger partial charge is 0.493 e. The number of benzene rings is 2. The molecule has 34 heavy (non-hydrogen) atoms. The summed E-state index contributed by atoms with van der Waals surface area (Å²) in [6, 6.07) is 10.7. The van der Waals surface area contributed by atoms with Crippen LogP contribution in [0.5, 0.6) is 11.5 Å². The molecule has 0 atom stereocenters. The number of esters is 1. The molecule has 0 aliphatic heterocycles. The van der Waals surface area contributed by atoms with Crippen molar-refractivity contribution >= 4 is 45.5 Å². The number of nitrogens with one attached hydrogen (secondary N) is 1. The molecule has 0 saturated carbocycles. The molecule has 2 aromatic heterocycles. The van der Waals surface area contributed by atoms with E-state index in [2.05, 4.69) is 10.3 Å². The van der Waals surface area contributed by atoms with Crippen LogP contribution in [0, 0.1) is 0 Å². The summed E-state index contributed by atoms with van der Waals surface area (Å²) in [7, 11) is 2.85. The zero-order valence-corrected chi connectivity index (χ0v) is 19.6. The quantitative estimate of drug-likeness (QED) is 0.382. The lowest BCUT2D eigenvalue weighted by Gasteiger charge is -2.15. The number of ether oxygens (including phenoxy) is 3. The number of fused-ring (bicyclic) bond motifs is 1. The molecule has 9 nitrogen and oxygen atoms in total. The standard InChI is InChI=1S/C23H18ClN3O6S/c1-31-18-10-15(22(30)33-12-13-9-20(28)27-7-8-34-23(27)25-13)17(11-19(18)32-2)26-21(29)14-5-3-4-6-16(14)24/h3-11H,12H2,1-2H3,(H,26,29). The molecule has 174 valence electrons. The average molecular weight is 500 g/mol. The first-order valence-electron chi connectivity index (χ1n) is 9.86. The third-order valence-electron chi connectivity index (χ3n) is 4.82. The Morgan fingerprint density at radius 2 is 1.82 bits per heavy atom. The van der Waals surface area contributed by atoms with Gasteiger partial charge in [0.15, 0.2) is 16.5 Å². The van der Waals surface area contributed by atoms with E-state index in [0.717, 1.165) is 0 Å². The monoisotopic (exact) mass is 499 g/mol. The van der Waals surface area contributed by atoms with E-state index in [1.165, 1.54) is 48.2 Å². The maximum absolute atomic E-state index is 13.0. The summed E-state index contributed by atoms with van der Waals surface area (Å²) >= 11 is 7.41. The highest BCUT2D eigenvalue weighted by molar-refractivity contribution is 7.15. The third kappa shape index (κ3) is 4.73. The van der Waals surface area contributed by atoms with Crippen LogP contribution in [-0.4, -0.2) is 35.5 Å². The summed E-state index contributed by atoms with van der Waals surface area (Å²) in [5.41, 5.74) is 0.396. The molecule has 1 N–H and O–H groups in total. The highest BCUT2D eigenvalue weighted by Crippen LogP contribution is 2.34. The van der Waals surface area contributed by atoms with E-state index in [4.69, 9.17) is 25.8 Å². The molecule has 0 bridgehead atoms. The molecule has 0 saturated heterocycles. The average Bonchev–Trinajstić information content (AvgIpc) is 3.32. The van der Waals surface area contributed by atoms with Crippen LogP contribution in [0.25, 0.3) is 4.96 Å². The Labute approximate surface area is 202 Å². The second-order valence-electron chi connectivity index (χ2n) is 6.90. The molecule has 2 aromatic carbocycles. The molecule has 2 heterocycles. The van der Waals surface area contributed by atoms with Crippen molar-refractivity contribution in [1.29, 1.82) is 0 Å². The molecule has 0 aliphatic carbocycles. The first-order valence-corrected chi connectivity index (χ1v) is 11.1. The molecule has 0 radical (unpaired) electrons. The number of halogens is 1. The van der Waals surface area contributed by atoms with Crippen LogP contribution < -0.4 is 20.3 Å². The summed E-state index contributed by atoms with van der Waals surface area (Å²) in [4.78, 5) is 42.8. The number of aromatic nitrogens is 2. The summed E-state index contributed by atoms with van der Waals surface area (Å²) in [6.45, 7) is -0.241. The van der Waals surface area contributed by atoms with Gasteiger partial charge < -0.3 is 19.5 Å². The van der Waals surface area contributed by atoms with E-state index in [1.54, 1.807) is 35.8 Å². The van der Waals surface area contributed by atoms with Crippen LogP contribution >= 0.6 is 22.9 Å². The number of methoxy groups -OCH3 is 2. The number of anilines is 1. The number of hydrogen-bond donors (Lipinski definition) is 1. The van der Waals surface area contributed by atoms with Crippen LogP contribution in [0.1, 0.15) is 26.4 Å². The van der Waals surface area contributed by atoms with Crippen LogP contribution in [-0.2, 0) is 11.3 Å². The molecule has 0 fully saturated rings. The van der Waals surface area contributed by atoms with Gasteiger partial charge in [0.2, 0.25) is 0 Å². The van der Waals surface area contributed by atoms with Crippen molar-refractivity contribution < 1.29 is 23.8 Å². The van der Waals surface area contributed by atoms with Gasteiger partial charge in [-0.05, 0) is 12.1 Å². The van der Waals surface area contributed by atoms with Crippen LogP contribution in [0.4, 0.5) is 5.69 Å². The van der Waals surface area contributed by atoms with Crippen molar-refractivity contribution in [3.63, 3.8) is 0 Å². The van der Waals surface area contributed by atoms with E-state index in [1.807, 2.05) is 0 Å². The first-order chi connectivity index (χ1) is 16.4. The Bertz CT molecular complexity index is 1450. The fourth-order valence-electron chi connectivity index (χ4n) is 3.17. The maximum Gasteiger partial charge on any atom is 0.340 e. The highest BCUT2D eigenvalue weighted by atomic mass is 35.5. The summed E-state index contributed by atoms with van der Waals surface area (Å²) in [5.74, 6) is -0.721. The van der Waals surface area contributed by atoms with Gasteiger partial charge in [-0.15, -0.1) is 11.3 Å². The second kappa shape index (κ2) is 9.94. The van der Waals surface area contributed by atoms with Gasteiger partial charge in [-0.3, -0.25) is 14.0 Å². The van der Waals surface area contributed by atoms with Gasteiger partial charge in [0, 0.05) is 29.8 Å². The molecule has 0 spiro atoms. The minimum Gasteiger partial charge on any atom is -0.493 e. The third-order valence-corrected chi connectivity index (χ3v) is 5.90. The van der Waals surface area contributed by atoms with E-state index < -0.39 is 11.9 Å². The van der Waals surface area contributed by atoms with Crippen molar-refractivity contribution in [2.24, 2.45) is 0 Å². The van der Waals surface area contributed by atoms with E-state index in [9.17, 15) is 14.4 Å². The molecular weight excluding hydrogens is 482 g/mol. The van der Waals surface area contributed by atoms with Gasteiger partial charge in [0.1, 0.15) is 6.61 Å². The predicted octanol–water partition coefficient (Wildman–Crippen LogP) is 4.04. The predicted molar refractivity (Wildman–Crippen MR) is 127 cm³/mol. The molecule has 4 aromatic rings. The van der Waals surface area contributed by atoms with Gasteiger partial charge in [-0.25, -0.2) is 9.78 Å². The smallest absolute Gasteiger partial charge is 0.340 e. The van der Waals surface area contributed by atoms with E-state index in [-0.39, 0.29) is 39.8 Å². The summed E-state index contributed by atoms with van der Waals surface area (Å²) in [5, 5.41) is 4.66. The number of amides is 1. The van der Waals surface area contributed by atoms with Crippen molar-refractivity contribution in [2.75, 3.05) is 19.5 Å². The molecule has 0 aliphatic rings. The zero-order valence-electron chi connectivity index (χ0n) is 18.0. The lowest BCUT2D eigenvalue weighted by Crippen LogP contribution is -2.18.